The zero-order valence-electron chi connectivity index (χ0n) is 22.7. The van der Waals surface area contributed by atoms with Crippen LogP contribution in [0.3, 0.4) is 0 Å². The maximum Gasteiger partial charge on any atom is 0.254 e. The lowest BCUT2D eigenvalue weighted by Crippen LogP contribution is -2.43. The van der Waals surface area contributed by atoms with Gasteiger partial charge in [-0.25, -0.2) is 13.2 Å². The van der Waals surface area contributed by atoms with Crippen LogP contribution in [-0.2, 0) is 11.2 Å². The van der Waals surface area contributed by atoms with Gasteiger partial charge in [0.2, 0.25) is 5.91 Å². The van der Waals surface area contributed by atoms with Gasteiger partial charge in [0.1, 0.15) is 29.3 Å². The Morgan fingerprint density at radius 1 is 1.00 bits per heavy atom. The Bertz CT molecular complexity index is 1560. The number of carbonyl (C=O) groups excluding carboxylic acids is 2. The summed E-state index contributed by atoms with van der Waals surface area (Å²) in [7, 11) is 1.40. The molecule has 2 heterocycles. The smallest absolute Gasteiger partial charge is 0.254 e. The summed E-state index contributed by atoms with van der Waals surface area (Å²) in [6.07, 6.45) is 1.73. The minimum Gasteiger partial charge on any atom is -0.489 e. The number of aromatic nitrogens is 1. The fraction of sp³-hybridized carbons (Fsp3) is 0.219. The highest BCUT2D eigenvalue weighted by molar-refractivity contribution is 5.95. The molecular weight excluding hydrogens is 545 g/mol. The zero-order chi connectivity index (χ0) is 29.6. The summed E-state index contributed by atoms with van der Waals surface area (Å²) in [5.41, 5.74) is 1.55. The number of nitrogens with one attached hydrogen (secondary N) is 3. The summed E-state index contributed by atoms with van der Waals surface area (Å²) in [6, 6.07) is 18.6. The lowest BCUT2D eigenvalue weighted by atomic mass is 9.94. The van der Waals surface area contributed by atoms with E-state index in [1.165, 1.54) is 43.6 Å². The second-order valence-electron chi connectivity index (χ2n) is 10.0. The summed E-state index contributed by atoms with van der Waals surface area (Å²) >= 11 is 0. The number of carbonyl (C=O) groups is 2. The Kier molecular flexibility index (Phi) is 8.83. The summed E-state index contributed by atoms with van der Waals surface area (Å²) in [5, 5.41) is 8.60. The standard InChI is InChI=1S/C32H29F3N4O3/c1-36-31(40)26-15-20(9-10-27(26)35)25-8-5-11-37-30(25)28(14-19-12-21(33)16-22(34)13-19)39-32(41)29-17-24(18-38-29)42-23-6-3-2-4-7-23/h2-13,15-16,24,28-29,38H,14,17-18H2,1H3,(H,36,40)(H,39,41)/t24-,28-,29-/m0/s1. The molecule has 1 fully saturated rings. The monoisotopic (exact) mass is 574 g/mol. The van der Waals surface area contributed by atoms with Crippen LogP contribution in [0.2, 0.25) is 0 Å². The van der Waals surface area contributed by atoms with Crippen molar-refractivity contribution in [1.82, 2.24) is 20.9 Å². The van der Waals surface area contributed by atoms with Crippen LogP contribution in [0, 0.1) is 17.5 Å². The van der Waals surface area contributed by atoms with Crippen molar-refractivity contribution in [2.24, 2.45) is 0 Å². The molecule has 0 bridgehead atoms. The van der Waals surface area contributed by atoms with E-state index in [0.717, 1.165) is 6.07 Å². The van der Waals surface area contributed by atoms with Crippen LogP contribution in [-0.4, -0.2) is 42.5 Å². The first-order valence-electron chi connectivity index (χ1n) is 13.5. The van der Waals surface area contributed by atoms with Crippen molar-refractivity contribution >= 4 is 11.8 Å². The third-order valence-electron chi connectivity index (χ3n) is 7.05. The molecule has 1 aliphatic heterocycles. The SMILES string of the molecule is CNC(=O)c1cc(-c2cccnc2[C@H](Cc2cc(F)cc(F)c2)NC(=O)[C@@H]2C[C@H](Oc3ccccc3)CN2)ccc1F. The van der Waals surface area contributed by atoms with Crippen LogP contribution in [0.15, 0.2) is 85.1 Å². The van der Waals surface area contributed by atoms with Crippen molar-refractivity contribution in [3.05, 3.63) is 119 Å². The van der Waals surface area contributed by atoms with Gasteiger partial charge in [-0.3, -0.25) is 14.6 Å². The molecule has 0 radical (unpaired) electrons. The van der Waals surface area contributed by atoms with E-state index < -0.39 is 35.4 Å². The molecule has 216 valence electrons. The predicted molar refractivity (Wildman–Crippen MR) is 151 cm³/mol. The molecule has 7 nitrogen and oxygen atoms in total. The van der Waals surface area contributed by atoms with Crippen LogP contribution < -0.4 is 20.7 Å². The molecule has 5 rings (SSSR count). The van der Waals surface area contributed by atoms with Gasteiger partial charge in [0.15, 0.2) is 0 Å². The van der Waals surface area contributed by atoms with Gasteiger partial charge < -0.3 is 20.7 Å². The Morgan fingerprint density at radius 3 is 2.50 bits per heavy atom. The maximum absolute atomic E-state index is 14.4. The molecule has 1 saturated heterocycles. The van der Waals surface area contributed by atoms with Crippen LogP contribution >= 0.6 is 0 Å². The Morgan fingerprint density at radius 2 is 1.76 bits per heavy atom. The minimum absolute atomic E-state index is 0.0184. The fourth-order valence-electron chi connectivity index (χ4n) is 5.08. The minimum atomic E-state index is -0.820. The summed E-state index contributed by atoms with van der Waals surface area (Å²) < 4.78 is 48.6. The molecule has 3 aromatic carbocycles. The number of ether oxygens (including phenoxy) is 1. The molecule has 0 spiro atoms. The largest absolute Gasteiger partial charge is 0.489 e. The number of halogens is 3. The first-order valence-corrected chi connectivity index (χ1v) is 13.5. The number of benzene rings is 3. The van der Waals surface area contributed by atoms with Gasteiger partial charge in [-0.1, -0.05) is 30.3 Å². The van der Waals surface area contributed by atoms with E-state index >= 15 is 0 Å². The quantitative estimate of drug-likeness (QED) is 0.269. The van der Waals surface area contributed by atoms with Crippen LogP contribution in [0.1, 0.15) is 34.1 Å². The average molecular weight is 575 g/mol. The van der Waals surface area contributed by atoms with Gasteiger partial charge >= 0.3 is 0 Å². The molecule has 0 aliphatic carbocycles. The summed E-state index contributed by atoms with van der Waals surface area (Å²) in [5.74, 6) is -2.42. The number of rotatable bonds is 9. The first-order chi connectivity index (χ1) is 20.3. The molecule has 3 N–H and O–H groups in total. The van der Waals surface area contributed by atoms with Crippen molar-refractivity contribution < 1.29 is 27.5 Å². The van der Waals surface area contributed by atoms with Crippen molar-refractivity contribution in [2.75, 3.05) is 13.6 Å². The van der Waals surface area contributed by atoms with Crippen molar-refractivity contribution in [3.8, 4) is 16.9 Å². The van der Waals surface area contributed by atoms with Crippen LogP contribution in [0.25, 0.3) is 11.1 Å². The van der Waals surface area contributed by atoms with E-state index in [2.05, 4.69) is 20.9 Å². The Hall–Kier alpha value is -4.70. The highest BCUT2D eigenvalue weighted by atomic mass is 19.1. The van der Waals surface area contributed by atoms with Crippen molar-refractivity contribution in [3.63, 3.8) is 0 Å². The number of nitrogens with zero attached hydrogens (tertiary/aromatic N) is 1. The average Bonchev–Trinajstić information content (AvgIpc) is 3.45. The molecular formula is C32H29F3N4O3. The van der Waals surface area contributed by atoms with Crippen molar-refractivity contribution in [2.45, 2.75) is 31.0 Å². The highest BCUT2D eigenvalue weighted by Crippen LogP contribution is 2.31. The zero-order valence-corrected chi connectivity index (χ0v) is 22.7. The van der Waals surface area contributed by atoms with E-state index in [1.54, 1.807) is 12.1 Å². The third kappa shape index (κ3) is 6.77. The maximum atomic E-state index is 14.4. The molecule has 0 unspecified atom stereocenters. The molecule has 4 aromatic rings. The van der Waals surface area contributed by atoms with Gasteiger partial charge in [-0.05, 0) is 60.0 Å². The number of amides is 2. The summed E-state index contributed by atoms with van der Waals surface area (Å²) in [4.78, 5) is 30.3. The first kappa shape index (κ1) is 28.8. The predicted octanol–water partition coefficient (Wildman–Crippen LogP) is 4.74. The molecule has 1 aromatic heterocycles. The van der Waals surface area contributed by atoms with Crippen LogP contribution in [0.5, 0.6) is 5.75 Å². The van der Waals surface area contributed by atoms with Gasteiger partial charge in [-0.2, -0.15) is 0 Å². The Balaban J connectivity index is 1.44. The molecule has 0 saturated carbocycles. The third-order valence-corrected chi connectivity index (χ3v) is 7.05. The topological polar surface area (TPSA) is 92.4 Å². The van der Waals surface area contributed by atoms with E-state index in [-0.39, 0.29) is 24.0 Å². The second-order valence-corrected chi connectivity index (χ2v) is 10.0. The molecule has 42 heavy (non-hydrogen) atoms. The number of hydrogen-bond acceptors (Lipinski definition) is 5. The molecule has 2 amide bonds. The number of pyridine rings is 1. The van der Waals surface area contributed by atoms with Gasteiger partial charge in [-0.15, -0.1) is 0 Å². The van der Waals surface area contributed by atoms with Crippen LogP contribution in [0.4, 0.5) is 13.2 Å². The van der Waals surface area contributed by atoms with Gasteiger partial charge in [0.25, 0.3) is 5.91 Å². The Labute approximate surface area is 241 Å². The normalized spacial score (nSPS) is 17.0. The van der Waals surface area contributed by atoms with Gasteiger partial charge in [0.05, 0.1) is 23.3 Å². The lowest BCUT2D eigenvalue weighted by Gasteiger charge is -2.23. The van der Waals surface area contributed by atoms with E-state index in [9.17, 15) is 22.8 Å². The van der Waals surface area contributed by atoms with Crippen molar-refractivity contribution in [1.29, 1.82) is 0 Å². The van der Waals surface area contributed by atoms with Gasteiger partial charge in [0, 0.05) is 37.8 Å². The highest BCUT2D eigenvalue weighted by Gasteiger charge is 2.33. The number of hydrogen-bond donors (Lipinski definition) is 3. The van der Waals surface area contributed by atoms with E-state index in [1.807, 2.05) is 30.3 Å². The molecule has 1 aliphatic rings. The number of para-hydroxylation sites is 1. The van der Waals surface area contributed by atoms with E-state index in [4.69, 9.17) is 4.74 Å². The van der Waals surface area contributed by atoms with E-state index in [0.29, 0.717) is 41.1 Å². The lowest BCUT2D eigenvalue weighted by molar-refractivity contribution is -0.123. The molecule has 10 heteroatoms. The fourth-order valence-corrected chi connectivity index (χ4v) is 5.08. The molecule has 3 atom stereocenters. The summed E-state index contributed by atoms with van der Waals surface area (Å²) in [6.45, 7) is 0.458. The second kappa shape index (κ2) is 12.9.